The third-order valence-electron chi connectivity index (χ3n) is 4.14. The lowest BCUT2D eigenvalue weighted by Crippen LogP contribution is -2.16. The number of nitrogens with one attached hydrogen (secondary N) is 1. The predicted molar refractivity (Wildman–Crippen MR) is 111 cm³/mol. The minimum Gasteiger partial charge on any atom is -0.464 e. The predicted octanol–water partition coefficient (Wildman–Crippen LogP) is 4.30. The first-order chi connectivity index (χ1) is 13.9. The summed E-state index contributed by atoms with van der Waals surface area (Å²) in [7, 11) is -4.03. The Morgan fingerprint density at radius 2 is 2.07 bits per heavy atom. The summed E-state index contributed by atoms with van der Waals surface area (Å²) < 4.78 is 47.5. The lowest BCUT2D eigenvalue weighted by atomic mass is 10.1. The molecular weight excluding hydrogens is 434 g/mol. The highest BCUT2D eigenvalue weighted by molar-refractivity contribution is 7.93. The summed E-state index contributed by atoms with van der Waals surface area (Å²) >= 11 is 2.04. The van der Waals surface area contributed by atoms with Crippen LogP contribution in [0.2, 0.25) is 0 Å². The number of furan rings is 1. The molecule has 0 radical (unpaired) electrons. The van der Waals surface area contributed by atoms with Crippen LogP contribution in [-0.2, 0) is 14.8 Å². The van der Waals surface area contributed by atoms with E-state index in [9.17, 15) is 13.2 Å². The van der Waals surface area contributed by atoms with Crippen molar-refractivity contribution >= 4 is 55.1 Å². The van der Waals surface area contributed by atoms with Crippen molar-refractivity contribution in [1.82, 2.24) is 8.75 Å². The molecule has 0 spiro atoms. The number of hydrogen-bond donors (Lipinski definition) is 1. The SMILES string of the molecule is CCOC(=O)c1c(NS(=O)(=O)c2cccc3nsnc23)sc(-c2ccco2)c1C. The van der Waals surface area contributed by atoms with Crippen molar-refractivity contribution < 1.29 is 22.4 Å². The van der Waals surface area contributed by atoms with Crippen LogP contribution >= 0.6 is 23.1 Å². The van der Waals surface area contributed by atoms with Gasteiger partial charge < -0.3 is 9.15 Å². The molecule has 0 aliphatic rings. The van der Waals surface area contributed by atoms with Gasteiger partial charge in [0, 0.05) is 0 Å². The first kappa shape index (κ1) is 19.6. The number of ether oxygens (including phenoxy) is 1. The van der Waals surface area contributed by atoms with E-state index in [0.29, 0.717) is 21.7 Å². The number of thiophene rings is 1. The minimum absolute atomic E-state index is 0.0100. The second-order valence-electron chi connectivity index (χ2n) is 5.95. The second-order valence-corrected chi connectivity index (χ2v) is 9.15. The zero-order valence-electron chi connectivity index (χ0n) is 15.3. The number of fused-ring (bicyclic) bond motifs is 1. The van der Waals surface area contributed by atoms with Gasteiger partial charge in [0.15, 0.2) is 0 Å². The molecule has 0 unspecified atom stereocenters. The van der Waals surface area contributed by atoms with Gasteiger partial charge >= 0.3 is 5.97 Å². The Kier molecular flexibility index (Phi) is 5.11. The summed E-state index contributed by atoms with van der Waals surface area (Å²) in [5.41, 5.74) is 1.51. The Morgan fingerprint density at radius 3 is 2.79 bits per heavy atom. The van der Waals surface area contributed by atoms with E-state index in [2.05, 4.69) is 13.5 Å². The van der Waals surface area contributed by atoms with Gasteiger partial charge in [-0.25, -0.2) is 13.2 Å². The number of esters is 1. The monoisotopic (exact) mass is 449 g/mol. The van der Waals surface area contributed by atoms with Crippen LogP contribution in [0, 0.1) is 6.92 Å². The smallest absolute Gasteiger partial charge is 0.341 e. The van der Waals surface area contributed by atoms with Crippen molar-refractivity contribution in [2.45, 2.75) is 18.7 Å². The number of benzene rings is 1. The van der Waals surface area contributed by atoms with Crippen molar-refractivity contribution in [3.63, 3.8) is 0 Å². The van der Waals surface area contributed by atoms with Gasteiger partial charge in [0.05, 0.1) is 35.0 Å². The van der Waals surface area contributed by atoms with Gasteiger partial charge in [0.1, 0.15) is 26.7 Å². The molecule has 1 N–H and O–H groups in total. The highest BCUT2D eigenvalue weighted by Gasteiger charge is 2.28. The Hall–Kier alpha value is -2.76. The third-order valence-corrected chi connectivity index (χ3v) is 7.41. The summed E-state index contributed by atoms with van der Waals surface area (Å²) in [6, 6.07) is 8.20. The molecule has 3 aromatic heterocycles. The van der Waals surface area contributed by atoms with E-state index in [1.807, 2.05) is 0 Å². The van der Waals surface area contributed by atoms with Crippen LogP contribution in [0.1, 0.15) is 22.8 Å². The van der Waals surface area contributed by atoms with Crippen LogP contribution in [-0.4, -0.2) is 29.7 Å². The molecule has 0 saturated heterocycles. The summed E-state index contributed by atoms with van der Waals surface area (Å²) in [6.45, 7) is 3.58. The van der Waals surface area contributed by atoms with Gasteiger partial charge in [-0.1, -0.05) is 6.07 Å². The summed E-state index contributed by atoms with van der Waals surface area (Å²) in [5.74, 6) is -0.0698. The van der Waals surface area contributed by atoms with Crippen LogP contribution in [0.15, 0.2) is 45.9 Å². The van der Waals surface area contributed by atoms with Gasteiger partial charge in [-0.15, -0.1) is 11.3 Å². The van der Waals surface area contributed by atoms with Crippen LogP contribution in [0.4, 0.5) is 5.00 Å². The fraction of sp³-hybridized carbons (Fsp3) is 0.167. The number of rotatable bonds is 6. The van der Waals surface area contributed by atoms with E-state index in [1.165, 1.54) is 12.3 Å². The normalized spacial score (nSPS) is 11.7. The first-order valence-corrected chi connectivity index (χ1v) is 11.5. The molecule has 0 aliphatic heterocycles. The molecule has 0 aliphatic carbocycles. The highest BCUT2D eigenvalue weighted by Crippen LogP contribution is 2.41. The molecule has 1 aromatic carbocycles. The topological polar surface area (TPSA) is 111 Å². The van der Waals surface area contributed by atoms with Gasteiger partial charge in [-0.2, -0.15) is 8.75 Å². The first-order valence-electron chi connectivity index (χ1n) is 8.51. The lowest BCUT2D eigenvalue weighted by molar-refractivity contribution is 0.0527. The Morgan fingerprint density at radius 1 is 1.24 bits per heavy atom. The van der Waals surface area contributed by atoms with Gasteiger partial charge in [-0.05, 0) is 43.7 Å². The molecule has 0 amide bonds. The maximum absolute atomic E-state index is 13.1. The molecule has 0 atom stereocenters. The standard InChI is InChI=1S/C18H15N3O5S3/c1-3-25-18(22)14-10(2)16(12-7-5-9-26-12)27-17(14)21-29(23,24)13-8-4-6-11-15(13)20-28-19-11/h4-9,21H,3H2,1-2H3. The summed E-state index contributed by atoms with van der Waals surface area (Å²) in [6.07, 6.45) is 1.51. The summed E-state index contributed by atoms with van der Waals surface area (Å²) in [4.78, 5) is 13.2. The molecule has 0 saturated carbocycles. The van der Waals surface area contributed by atoms with Crippen LogP contribution in [0.3, 0.4) is 0 Å². The fourth-order valence-corrected chi connectivity index (χ4v) is 6.09. The van der Waals surface area contributed by atoms with Gasteiger partial charge in [-0.3, -0.25) is 4.72 Å². The average Bonchev–Trinajstić information content (AvgIpc) is 3.41. The Labute approximate surface area is 174 Å². The number of hydrogen-bond acceptors (Lipinski definition) is 9. The molecule has 11 heteroatoms. The van der Waals surface area contributed by atoms with Gasteiger partial charge in [0.2, 0.25) is 0 Å². The van der Waals surface area contributed by atoms with E-state index in [4.69, 9.17) is 9.15 Å². The van der Waals surface area contributed by atoms with Crippen LogP contribution in [0.25, 0.3) is 21.7 Å². The molecule has 29 heavy (non-hydrogen) atoms. The van der Waals surface area contributed by atoms with E-state index in [-0.39, 0.29) is 27.6 Å². The zero-order chi connectivity index (χ0) is 20.6. The summed E-state index contributed by atoms with van der Waals surface area (Å²) in [5, 5.41) is 0.160. The number of sulfonamides is 1. The van der Waals surface area contributed by atoms with Crippen molar-refractivity contribution in [2.24, 2.45) is 0 Å². The largest absolute Gasteiger partial charge is 0.464 e. The fourth-order valence-electron chi connectivity index (χ4n) is 2.85. The Balaban J connectivity index is 1.83. The number of nitrogens with zero attached hydrogens (tertiary/aromatic N) is 2. The average molecular weight is 450 g/mol. The Bertz CT molecular complexity index is 1290. The van der Waals surface area contributed by atoms with E-state index in [1.54, 1.807) is 38.1 Å². The van der Waals surface area contributed by atoms with Crippen LogP contribution in [0.5, 0.6) is 0 Å². The number of anilines is 1. The minimum atomic E-state index is -4.03. The molecule has 8 nitrogen and oxygen atoms in total. The van der Waals surface area contributed by atoms with Crippen LogP contribution < -0.4 is 4.72 Å². The van der Waals surface area contributed by atoms with Gasteiger partial charge in [0.25, 0.3) is 10.0 Å². The van der Waals surface area contributed by atoms with E-state index >= 15 is 0 Å². The van der Waals surface area contributed by atoms with Crippen molar-refractivity contribution in [3.8, 4) is 10.6 Å². The van der Waals surface area contributed by atoms with E-state index < -0.39 is 16.0 Å². The quantitative estimate of drug-likeness (QED) is 0.437. The zero-order valence-corrected chi connectivity index (χ0v) is 17.8. The third kappa shape index (κ3) is 3.52. The maximum Gasteiger partial charge on any atom is 0.341 e. The molecular formula is C18H15N3O5S3. The number of aromatic nitrogens is 2. The maximum atomic E-state index is 13.1. The highest BCUT2D eigenvalue weighted by atomic mass is 32.2. The molecule has 0 bridgehead atoms. The second kappa shape index (κ2) is 7.58. The molecule has 3 heterocycles. The van der Waals surface area contributed by atoms with Crippen molar-refractivity contribution in [3.05, 3.63) is 47.7 Å². The number of carbonyl (C=O) groups is 1. The van der Waals surface area contributed by atoms with Crippen molar-refractivity contribution in [1.29, 1.82) is 0 Å². The molecule has 4 rings (SSSR count). The lowest BCUT2D eigenvalue weighted by Gasteiger charge is -2.09. The molecule has 0 fully saturated rings. The number of carbonyl (C=O) groups excluding carboxylic acids is 1. The van der Waals surface area contributed by atoms with Crippen molar-refractivity contribution in [2.75, 3.05) is 11.3 Å². The molecule has 150 valence electrons. The van der Waals surface area contributed by atoms with E-state index in [0.717, 1.165) is 23.1 Å². The molecule has 4 aromatic rings.